The zero-order valence-corrected chi connectivity index (χ0v) is 5.14. The van der Waals surface area contributed by atoms with Gasteiger partial charge in [-0.25, -0.2) is 13.8 Å². The van der Waals surface area contributed by atoms with Crippen LogP contribution in [0.4, 0.5) is 8.78 Å². The molecule has 0 spiro atoms. The first-order valence-corrected chi connectivity index (χ1v) is 2.76. The van der Waals surface area contributed by atoms with Gasteiger partial charge in [0.1, 0.15) is 0 Å². The second-order valence-electron chi connectivity index (χ2n) is 1.80. The molecule has 0 aliphatic rings. The smallest absolute Gasteiger partial charge is 0.295 e. The lowest BCUT2D eigenvalue weighted by Gasteiger charge is -1.90. The van der Waals surface area contributed by atoms with E-state index >= 15 is 0 Å². The lowest BCUT2D eigenvalue weighted by molar-refractivity contribution is 0.141. The molecule has 0 saturated heterocycles. The van der Waals surface area contributed by atoms with Gasteiger partial charge in [-0.3, -0.25) is 0 Å². The molecule has 0 bridgehead atoms. The maximum atomic E-state index is 11.8. The van der Waals surface area contributed by atoms with Crippen molar-refractivity contribution < 1.29 is 8.78 Å². The Balaban J connectivity index is 2.78. The predicted molar refractivity (Wildman–Crippen MR) is 31.4 cm³/mol. The van der Waals surface area contributed by atoms with Crippen molar-refractivity contribution in [2.45, 2.75) is 13.0 Å². The van der Waals surface area contributed by atoms with Crippen LogP contribution in [-0.2, 0) is 6.54 Å². The fourth-order valence-corrected chi connectivity index (χ4v) is 0.591. The summed E-state index contributed by atoms with van der Waals surface area (Å²) in [5, 5.41) is 0. The molecule has 1 heterocycles. The number of halogens is 2. The number of H-pyrrole nitrogens is 1. The zero-order valence-electron chi connectivity index (χ0n) is 5.14. The van der Waals surface area contributed by atoms with E-state index in [0.29, 0.717) is 5.69 Å². The fraction of sp³-hybridized carbons (Fsp3) is 0.400. The summed E-state index contributed by atoms with van der Waals surface area (Å²) < 4.78 is 23.6. The Morgan fingerprint density at radius 3 is 2.70 bits per heavy atom. The Hall–Kier alpha value is -0.970. The van der Waals surface area contributed by atoms with E-state index in [-0.39, 0.29) is 12.4 Å². The van der Waals surface area contributed by atoms with Crippen LogP contribution in [-0.4, -0.2) is 9.97 Å². The molecule has 1 rings (SSSR count). The molecule has 0 amide bonds. The molecule has 0 aliphatic carbocycles. The largest absolute Gasteiger partial charge is 0.340 e. The lowest BCUT2D eigenvalue weighted by Crippen LogP contribution is -1.96. The standard InChI is InChI=1S/C5H7F2N3/c6-4(7)5-9-2-3(1-8)10-5/h2,4H,1,8H2,(H,9,10). The van der Waals surface area contributed by atoms with E-state index in [1.807, 2.05) is 0 Å². The second-order valence-corrected chi connectivity index (χ2v) is 1.80. The summed E-state index contributed by atoms with van der Waals surface area (Å²) in [6.45, 7) is 0.208. The molecule has 3 nitrogen and oxygen atoms in total. The van der Waals surface area contributed by atoms with E-state index in [0.717, 1.165) is 0 Å². The lowest BCUT2D eigenvalue weighted by atomic mass is 10.5. The summed E-state index contributed by atoms with van der Waals surface area (Å²) in [5.74, 6) is -0.319. The monoisotopic (exact) mass is 147 g/mol. The van der Waals surface area contributed by atoms with Gasteiger partial charge in [-0.2, -0.15) is 0 Å². The molecule has 0 unspecified atom stereocenters. The minimum atomic E-state index is -2.54. The van der Waals surface area contributed by atoms with Gasteiger partial charge < -0.3 is 10.7 Å². The summed E-state index contributed by atoms with van der Waals surface area (Å²) in [7, 11) is 0. The van der Waals surface area contributed by atoms with Crippen molar-refractivity contribution in [1.82, 2.24) is 9.97 Å². The van der Waals surface area contributed by atoms with E-state index in [9.17, 15) is 8.78 Å². The number of nitrogens with one attached hydrogen (secondary N) is 1. The highest BCUT2D eigenvalue weighted by Crippen LogP contribution is 2.13. The van der Waals surface area contributed by atoms with Gasteiger partial charge in [-0.1, -0.05) is 0 Å². The molecule has 1 aromatic rings. The first kappa shape index (κ1) is 7.14. The zero-order chi connectivity index (χ0) is 7.56. The van der Waals surface area contributed by atoms with Crippen LogP contribution in [0.2, 0.25) is 0 Å². The van der Waals surface area contributed by atoms with Gasteiger partial charge in [0.05, 0.1) is 0 Å². The Kier molecular flexibility index (Phi) is 1.96. The number of rotatable bonds is 2. The quantitative estimate of drug-likeness (QED) is 0.650. The van der Waals surface area contributed by atoms with Crippen molar-refractivity contribution >= 4 is 0 Å². The Morgan fingerprint density at radius 2 is 2.40 bits per heavy atom. The third kappa shape index (κ3) is 1.30. The number of nitrogens with zero attached hydrogens (tertiary/aromatic N) is 1. The minimum absolute atomic E-state index is 0.208. The number of imidazole rings is 1. The highest BCUT2D eigenvalue weighted by molar-refractivity contribution is 5.00. The summed E-state index contributed by atoms with van der Waals surface area (Å²) in [5.41, 5.74) is 5.67. The predicted octanol–water partition coefficient (Wildman–Crippen LogP) is 0.806. The van der Waals surface area contributed by atoms with Crippen LogP contribution in [0.15, 0.2) is 6.20 Å². The molecule has 0 fully saturated rings. The van der Waals surface area contributed by atoms with Gasteiger partial charge >= 0.3 is 0 Å². The Morgan fingerprint density at radius 1 is 1.70 bits per heavy atom. The van der Waals surface area contributed by atoms with E-state index in [2.05, 4.69) is 9.97 Å². The van der Waals surface area contributed by atoms with Crippen molar-refractivity contribution in [3.63, 3.8) is 0 Å². The number of aromatic amines is 1. The summed E-state index contributed by atoms with van der Waals surface area (Å²) >= 11 is 0. The van der Waals surface area contributed by atoms with Crippen LogP contribution in [0.3, 0.4) is 0 Å². The highest BCUT2D eigenvalue weighted by atomic mass is 19.3. The SMILES string of the molecule is NCc1cnc(C(F)F)[nH]1. The number of hydrogen-bond donors (Lipinski definition) is 2. The molecule has 0 saturated carbocycles. The number of aromatic nitrogens is 2. The van der Waals surface area contributed by atoms with Crippen LogP contribution in [0, 0.1) is 0 Å². The first-order chi connectivity index (χ1) is 4.74. The van der Waals surface area contributed by atoms with E-state index in [4.69, 9.17) is 5.73 Å². The molecule has 56 valence electrons. The first-order valence-electron chi connectivity index (χ1n) is 2.76. The summed E-state index contributed by atoms with van der Waals surface area (Å²) in [6.07, 6.45) is -1.23. The van der Waals surface area contributed by atoms with E-state index in [1.54, 1.807) is 0 Å². The van der Waals surface area contributed by atoms with Crippen LogP contribution >= 0.6 is 0 Å². The van der Waals surface area contributed by atoms with Crippen molar-refractivity contribution in [1.29, 1.82) is 0 Å². The topological polar surface area (TPSA) is 54.7 Å². The molecular formula is C5H7F2N3. The van der Waals surface area contributed by atoms with Crippen LogP contribution in [0.5, 0.6) is 0 Å². The van der Waals surface area contributed by atoms with Gasteiger partial charge in [-0.15, -0.1) is 0 Å². The highest BCUT2D eigenvalue weighted by Gasteiger charge is 2.09. The summed E-state index contributed by atoms with van der Waals surface area (Å²) in [6, 6.07) is 0. The third-order valence-electron chi connectivity index (χ3n) is 1.07. The number of hydrogen-bond acceptors (Lipinski definition) is 2. The number of alkyl halides is 2. The van der Waals surface area contributed by atoms with Gasteiger partial charge in [0.15, 0.2) is 5.82 Å². The van der Waals surface area contributed by atoms with Gasteiger partial charge in [0.25, 0.3) is 6.43 Å². The van der Waals surface area contributed by atoms with E-state index < -0.39 is 6.43 Å². The average molecular weight is 147 g/mol. The van der Waals surface area contributed by atoms with Crippen molar-refractivity contribution in [2.24, 2.45) is 5.73 Å². The van der Waals surface area contributed by atoms with Gasteiger partial charge in [-0.05, 0) is 0 Å². The van der Waals surface area contributed by atoms with Crippen LogP contribution in [0.25, 0.3) is 0 Å². The van der Waals surface area contributed by atoms with Crippen molar-refractivity contribution in [2.75, 3.05) is 0 Å². The maximum Gasteiger partial charge on any atom is 0.295 e. The molecule has 3 N–H and O–H groups in total. The van der Waals surface area contributed by atoms with Gasteiger partial charge in [0.2, 0.25) is 0 Å². The minimum Gasteiger partial charge on any atom is -0.340 e. The Bertz CT molecular complexity index is 208. The third-order valence-corrected chi connectivity index (χ3v) is 1.07. The van der Waals surface area contributed by atoms with Crippen molar-refractivity contribution in [3.05, 3.63) is 17.7 Å². The van der Waals surface area contributed by atoms with Gasteiger partial charge in [0, 0.05) is 18.4 Å². The maximum absolute atomic E-state index is 11.8. The molecule has 5 heteroatoms. The average Bonchev–Trinajstić information content (AvgIpc) is 2.34. The molecule has 0 aromatic carbocycles. The summed E-state index contributed by atoms with van der Waals surface area (Å²) in [4.78, 5) is 5.78. The van der Waals surface area contributed by atoms with E-state index in [1.165, 1.54) is 6.20 Å². The second kappa shape index (κ2) is 2.74. The van der Waals surface area contributed by atoms with Crippen molar-refractivity contribution in [3.8, 4) is 0 Å². The molecule has 0 atom stereocenters. The molecule has 1 aromatic heterocycles. The molecule has 0 radical (unpaired) electrons. The number of nitrogens with two attached hydrogens (primary N) is 1. The molecule has 0 aliphatic heterocycles. The van der Waals surface area contributed by atoms with Crippen LogP contribution < -0.4 is 5.73 Å². The normalized spacial score (nSPS) is 10.8. The Labute approximate surface area is 56.3 Å². The fourth-order valence-electron chi connectivity index (χ4n) is 0.591. The van der Waals surface area contributed by atoms with Crippen LogP contribution in [0.1, 0.15) is 17.9 Å². The molecule has 10 heavy (non-hydrogen) atoms. The molecular weight excluding hydrogens is 140 g/mol.